The van der Waals surface area contributed by atoms with Crippen LogP contribution in [0.1, 0.15) is 26.2 Å². The average Bonchev–Trinajstić information content (AvgIpc) is 3.08. The Bertz CT molecular complexity index is 221. The van der Waals surface area contributed by atoms with Gasteiger partial charge in [0, 0.05) is 45.9 Å². The Labute approximate surface area is 105 Å². The smallest absolute Gasteiger partial charge is 0.0971 e. The summed E-state index contributed by atoms with van der Waals surface area (Å²) in [6, 6.07) is 1.41. The van der Waals surface area contributed by atoms with Gasteiger partial charge in [0.25, 0.3) is 0 Å². The molecule has 1 saturated carbocycles. The Hall–Kier alpha value is -0.160. The molecular formula is C13H26N2O2. The fourth-order valence-electron chi connectivity index (χ4n) is 2.64. The van der Waals surface area contributed by atoms with E-state index < -0.39 is 0 Å². The summed E-state index contributed by atoms with van der Waals surface area (Å²) in [4.78, 5) is 2.51. The average molecular weight is 242 g/mol. The number of nitrogens with zero attached hydrogens (tertiary/aromatic N) is 1. The first kappa shape index (κ1) is 13.3. The van der Waals surface area contributed by atoms with E-state index in [0.717, 1.165) is 25.7 Å². The monoisotopic (exact) mass is 242 g/mol. The Morgan fingerprint density at radius 1 is 1.18 bits per heavy atom. The van der Waals surface area contributed by atoms with E-state index in [9.17, 15) is 0 Å². The van der Waals surface area contributed by atoms with Crippen LogP contribution in [0.2, 0.25) is 0 Å². The number of hydrogen-bond acceptors (Lipinski definition) is 4. The Morgan fingerprint density at radius 3 is 2.18 bits per heavy atom. The van der Waals surface area contributed by atoms with Crippen molar-refractivity contribution in [3.8, 4) is 0 Å². The summed E-state index contributed by atoms with van der Waals surface area (Å²) in [5, 5.41) is 3.63. The zero-order chi connectivity index (χ0) is 12.3. The Morgan fingerprint density at radius 2 is 1.76 bits per heavy atom. The number of likely N-dealkylation sites (tertiary alicyclic amines) is 1. The van der Waals surface area contributed by atoms with Gasteiger partial charge in [0.15, 0.2) is 0 Å². The summed E-state index contributed by atoms with van der Waals surface area (Å²) in [5.41, 5.74) is 0. The van der Waals surface area contributed by atoms with Crippen LogP contribution in [0.3, 0.4) is 0 Å². The van der Waals surface area contributed by atoms with Gasteiger partial charge < -0.3 is 14.8 Å². The first-order valence-electron chi connectivity index (χ1n) is 6.81. The minimum absolute atomic E-state index is 0.231. The van der Waals surface area contributed by atoms with Gasteiger partial charge in [-0.25, -0.2) is 0 Å². The number of ether oxygens (including phenoxy) is 2. The lowest BCUT2D eigenvalue weighted by Gasteiger charge is -2.27. The molecule has 1 saturated heterocycles. The molecule has 0 spiro atoms. The minimum Gasteiger partial charge on any atom is -0.377 e. The second-order valence-corrected chi connectivity index (χ2v) is 5.25. The highest BCUT2D eigenvalue weighted by Crippen LogP contribution is 2.22. The lowest BCUT2D eigenvalue weighted by Crippen LogP contribution is -2.42. The summed E-state index contributed by atoms with van der Waals surface area (Å²) >= 11 is 0. The molecule has 0 bridgehead atoms. The Balaban J connectivity index is 1.81. The van der Waals surface area contributed by atoms with Crippen molar-refractivity contribution in [2.75, 3.05) is 33.9 Å². The third-order valence-electron chi connectivity index (χ3n) is 4.06. The van der Waals surface area contributed by atoms with Crippen LogP contribution in [-0.4, -0.2) is 63.0 Å². The summed E-state index contributed by atoms with van der Waals surface area (Å²) < 4.78 is 11.0. The molecule has 1 aliphatic heterocycles. The lowest BCUT2D eigenvalue weighted by molar-refractivity contribution is -0.00461. The van der Waals surface area contributed by atoms with Crippen LogP contribution in [0, 0.1) is 0 Å². The predicted molar refractivity (Wildman–Crippen MR) is 68.3 cm³/mol. The molecule has 2 aliphatic rings. The summed E-state index contributed by atoms with van der Waals surface area (Å²) in [6.45, 7) is 5.37. The van der Waals surface area contributed by atoms with Gasteiger partial charge in [0.2, 0.25) is 0 Å². The van der Waals surface area contributed by atoms with Crippen LogP contribution in [0.4, 0.5) is 0 Å². The van der Waals surface area contributed by atoms with Gasteiger partial charge in [-0.15, -0.1) is 0 Å². The molecule has 4 heteroatoms. The van der Waals surface area contributed by atoms with E-state index in [-0.39, 0.29) is 12.2 Å². The fourth-order valence-corrected chi connectivity index (χ4v) is 2.64. The zero-order valence-electron chi connectivity index (χ0n) is 11.3. The van der Waals surface area contributed by atoms with Crippen molar-refractivity contribution in [3.05, 3.63) is 0 Å². The van der Waals surface area contributed by atoms with E-state index in [1.165, 1.54) is 19.3 Å². The first-order valence-corrected chi connectivity index (χ1v) is 6.81. The standard InChI is InChI=1S/C13H26N2O2/c1-4-11(7-14-10-5-6-10)15-8-12(16-2)13(9-15)17-3/h10-14H,4-9H2,1-3H3. The first-order chi connectivity index (χ1) is 8.28. The van der Waals surface area contributed by atoms with Crippen molar-refractivity contribution in [1.29, 1.82) is 0 Å². The molecule has 0 aromatic heterocycles. The van der Waals surface area contributed by atoms with E-state index in [1.54, 1.807) is 14.2 Å². The van der Waals surface area contributed by atoms with Crippen molar-refractivity contribution >= 4 is 0 Å². The molecule has 2 fully saturated rings. The van der Waals surface area contributed by atoms with Gasteiger partial charge in [0.1, 0.15) is 0 Å². The third-order valence-corrected chi connectivity index (χ3v) is 4.06. The van der Waals surface area contributed by atoms with Crippen molar-refractivity contribution in [3.63, 3.8) is 0 Å². The molecule has 0 aromatic carbocycles. The molecule has 1 heterocycles. The highest BCUT2D eigenvalue weighted by molar-refractivity contribution is 4.91. The third kappa shape index (κ3) is 3.41. The maximum Gasteiger partial charge on any atom is 0.0971 e. The van der Waals surface area contributed by atoms with Gasteiger partial charge in [-0.2, -0.15) is 0 Å². The lowest BCUT2D eigenvalue weighted by atomic mass is 10.2. The van der Waals surface area contributed by atoms with Crippen LogP contribution in [0.15, 0.2) is 0 Å². The minimum atomic E-state index is 0.231. The van der Waals surface area contributed by atoms with Crippen LogP contribution < -0.4 is 5.32 Å². The van der Waals surface area contributed by atoms with E-state index in [4.69, 9.17) is 9.47 Å². The van der Waals surface area contributed by atoms with Crippen molar-refractivity contribution in [1.82, 2.24) is 10.2 Å². The van der Waals surface area contributed by atoms with Gasteiger partial charge in [-0.1, -0.05) is 6.92 Å². The summed E-state index contributed by atoms with van der Waals surface area (Å²) in [6.07, 6.45) is 4.37. The Kier molecular flexibility index (Phi) is 4.79. The maximum absolute atomic E-state index is 5.49. The number of methoxy groups -OCH3 is 2. The topological polar surface area (TPSA) is 33.7 Å². The van der Waals surface area contributed by atoms with Gasteiger partial charge in [-0.05, 0) is 19.3 Å². The molecular weight excluding hydrogens is 216 g/mol. The molecule has 3 unspecified atom stereocenters. The molecule has 1 aliphatic carbocycles. The molecule has 2 rings (SSSR count). The largest absolute Gasteiger partial charge is 0.377 e. The number of hydrogen-bond donors (Lipinski definition) is 1. The molecule has 3 atom stereocenters. The van der Waals surface area contributed by atoms with Crippen molar-refractivity contribution in [2.24, 2.45) is 0 Å². The van der Waals surface area contributed by atoms with E-state index in [1.807, 2.05) is 0 Å². The molecule has 1 N–H and O–H groups in total. The normalized spacial score (nSPS) is 31.9. The molecule has 100 valence electrons. The SMILES string of the molecule is CCC(CNC1CC1)N1CC(OC)C(OC)C1. The number of nitrogens with one attached hydrogen (secondary N) is 1. The summed E-state index contributed by atoms with van der Waals surface area (Å²) in [7, 11) is 3.56. The van der Waals surface area contributed by atoms with Crippen molar-refractivity contribution in [2.45, 2.75) is 50.5 Å². The maximum atomic E-state index is 5.49. The van der Waals surface area contributed by atoms with Crippen LogP contribution in [-0.2, 0) is 9.47 Å². The molecule has 0 radical (unpaired) electrons. The highest BCUT2D eigenvalue weighted by atomic mass is 16.5. The fraction of sp³-hybridized carbons (Fsp3) is 1.00. The van der Waals surface area contributed by atoms with Crippen LogP contribution in [0.25, 0.3) is 0 Å². The molecule has 4 nitrogen and oxygen atoms in total. The van der Waals surface area contributed by atoms with Gasteiger partial charge >= 0.3 is 0 Å². The van der Waals surface area contributed by atoms with E-state index in [0.29, 0.717) is 6.04 Å². The number of rotatable bonds is 7. The van der Waals surface area contributed by atoms with Gasteiger partial charge in [-0.3, -0.25) is 4.90 Å². The zero-order valence-corrected chi connectivity index (χ0v) is 11.3. The molecule has 17 heavy (non-hydrogen) atoms. The van der Waals surface area contributed by atoms with Gasteiger partial charge in [0.05, 0.1) is 12.2 Å². The predicted octanol–water partition coefficient (Wildman–Crippen LogP) is 0.863. The van der Waals surface area contributed by atoms with Crippen LogP contribution in [0.5, 0.6) is 0 Å². The van der Waals surface area contributed by atoms with Crippen LogP contribution >= 0.6 is 0 Å². The highest BCUT2D eigenvalue weighted by Gasteiger charge is 2.36. The molecule has 0 amide bonds. The van der Waals surface area contributed by atoms with E-state index >= 15 is 0 Å². The molecule has 0 aromatic rings. The van der Waals surface area contributed by atoms with Crippen molar-refractivity contribution < 1.29 is 9.47 Å². The quantitative estimate of drug-likeness (QED) is 0.718. The second-order valence-electron chi connectivity index (χ2n) is 5.25. The second kappa shape index (κ2) is 6.14. The van der Waals surface area contributed by atoms with E-state index in [2.05, 4.69) is 17.1 Å². The summed E-state index contributed by atoms with van der Waals surface area (Å²) in [5.74, 6) is 0.